The molecule has 0 amide bonds. The molecule has 0 spiro atoms. The largest absolute Gasteiger partial charge is 0.463 e. The lowest BCUT2D eigenvalue weighted by atomic mass is 10.5. The minimum absolute atomic E-state index is 0.429. The summed E-state index contributed by atoms with van der Waals surface area (Å²) in [6.07, 6.45) is 3.19. The predicted octanol–water partition coefficient (Wildman–Crippen LogP) is 2.34. The Bertz CT molecular complexity index is 248. The van der Waals surface area contributed by atoms with Crippen LogP contribution in [0.3, 0.4) is 0 Å². The first-order valence-corrected chi connectivity index (χ1v) is 8.39. The summed E-state index contributed by atoms with van der Waals surface area (Å²) < 4.78 is 4.88. The first-order chi connectivity index (χ1) is 6.45. The van der Waals surface area contributed by atoms with E-state index in [1.165, 1.54) is 0 Å². The molecule has 0 aromatic rings. The quantitative estimate of drug-likeness (QED) is 0.230. The van der Waals surface area contributed by atoms with Crippen molar-refractivity contribution in [2.45, 2.75) is 32.1 Å². The van der Waals surface area contributed by atoms with Gasteiger partial charge in [0.15, 0.2) is 0 Å². The number of allylic oxidation sites excluding steroid dienone is 1. The van der Waals surface area contributed by atoms with Crippen molar-refractivity contribution in [1.29, 1.82) is 5.26 Å². The minimum atomic E-state index is -1.02. The number of carbonyl (C=O) groups excluding carboxylic acids is 1. The van der Waals surface area contributed by atoms with Crippen molar-refractivity contribution in [3.63, 3.8) is 0 Å². The van der Waals surface area contributed by atoms with E-state index in [-0.39, 0.29) is 0 Å². The van der Waals surface area contributed by atoms with Gasteiger partial charge in [0.1, 0.15) is 0 Å². The second-order valence-electron chi connectivity index (χ2n) is 4.29. The average Bonchev–Trinajstić information content (AvgIpc) is 2.07. The van der Waals surface area contributed by atoms with Crippen LogP contribution in [0.25, 0.3) is 0 Å². The van der Waals surface area contributed by atoms with Crippen LogP contribution in [0.1, 0.15) is 6.42 Å². The molecular formula is C10H17NO2Si. The standard InChI is InChI=1S/C10H17NO2Si/c1-14(2,3)9-5-8-13-10(12)6-4-7-11/h4,6H,5,8-9H2,1-3H3. The number of hydrogen-bond donors (Lipinski definition) is 0. The van der Waals surface area contributed by atoms with Crippen LogP contribution in [0, 0.1) is 11.3 Å². The van der Waals surface area contributed by atoms with Crippen LogP contribution in [0.5, 0.6) is 0 Å². The highest BCUT2D eigenvalue weighted by atomic mass is 28.3. The third-order valence-electron chi connectivity index (χ3n) is 1.61. The Hall–Kier alpha value is -1.08. The van der Waals surface area contributed by atoms with Crippen molar-refractivity contribution < 1.29 is 9.53 Å². The number of hydrogen-bond acceptors (Lipinski definition) is 3. The van der Waals surface area contributed by atoms with Gasteiger partial charge in [-0.25, -0.2) is 4.79 Å². The molecule has 4 heteroatoms. The molecule has 0 N–H and O–H groups in total. The van der Waals surface area contributed by atoms with E-state index in [0.717, 1.165) is 24.6 Å². The van der Waals surface area contributed by atoms with E-state index < -0.39 is 14.0 Å². The Labute approximate surface area is 86.4 Å². The molecule has 0 saturated carbocycles. The zero-order valence-electron chi connectivity index (χ0n) is 9.04. The number of rotatable bonds is 5. The average molecular weight is 211 g/mol. The molecule has 0 aliphatic carbocycles. The summed E-state index contributed by atoms with van der Waals surface area (Å²) >= 11 is 0. The molecule has 0 radical (unpaired) electrons. The first kappa shape index (κ1) is 12.9. The van der Waals surface area contributed by atoms with Crippen molar-refractivity contribution in [3.05, 3.63) is 12.2 Å². The molecule has 0 unspecified atom stereocenters. The van der Waals surface area contributed by atoms with Crippen LogP contribution in [-0.4, -0.2) is 20.7 Å². The summed E-state index contributed by atoms with van der Waals surface area (Å²) in [6.45, 7) is 7.30. The Balaban J connectivity index is 3.52. The Morgan fingerprint density at radius 1 is 1.50 bits per heavy atom. The second kappa shape index (κ2) is 6.38. The van der Waals surface area contributed by atoms with Crippen LogP contribution in [0.2, 0.25) is 25.7 Å². The predicted molar refractivity (Wildman–Crippen MR) is 58.5 cm³/mol. The van der Waals surface area contributed by atoms with Crippen LogP contribution >= 0.6 is 0 Å². The Morgan fingerprint density at radius 2 is 2.14 bits per heavy atom. The fraction of sp³-hybridized carbons (Fsp3) is 0.600. The monoisotopic (exact) mass is 211 g/mol. The summed E-state index contributed by atoms with van der Waals surface area (Å²) in [5.74, 6) is -0.429. The molecule has 78 valence electrons. The second-order valence-corrected chi connectivity index (χ2v) is 9.92. The molecule has 0 atom stereocenters. The van der Waals surface area contributed by atoms with Crippen LogP contribution in [-0.2, 0) is 9.53 Å². The van der Waals surface area contributed by atoms with Gasteiger partial charge in [0.25, 0.3) is 0 Å². The van der Waals surface area contributed by atoms with E-state index in [1.54, 1.807) is 6.07 Å². The van der Waals surface area contributed by atoms with Gasteiger partial charge in [0.05, 0.1) is 12.7 Å². The lowest BCUT2D eigenvalue weighted by Gasteiger charge is -2.14. The van der Waals surface area contributed by atoms with E-state index in [2.05, 4.69) is 19.6 Å². The smallest absolute Gasteiger partial charge is 0.331 e. The molecule has 0 fully saturated rings. The third kappa shape index (κ3) is 9.01. The van der Waals surface area contributed by atoms with Crippen LogP contribution in [0.15, 0.2) is 12.2 Å². The maximum absolute atomic E-state index is 10.9. The Morgan fingerprint density at radius 3 is 2.64 bits per heavy atom. The zero-order valence-corrected chi connectivity index (χ0v) is 10.0. The highest BCUT2D eigenvalue weighted by molar-refractivity contribution is 6.76. The maximum Gasteiger partial charge on any atom is 0.331 e. The van der Waals surface area contributed by atoms with Crippen LogP contribution < -0.4 is 0 Å². The molecule has 0 aliphatic rings. The number of carbonyl (C=O) groups is 1. The molecule has 0 saturated heterocycles. The molecule has 0 heterocycles. The highest BCUT2D eigenvalue weighted by Crippen LogP contribution is 2.10. The van der Waals surface area contributed by atoms with Crippen molar-refractivity contribution in [2.75, 3.05) is 6.61 Å². The number of ether oxygens (including phenoxy) is 1. The molecule has 14 heavy (non-hydrogen) atoms. The van der Waals surface area contributed by atoms with Gasteiger partial charge in [-0.2, -0.15) is 5.26 Å². The first-order valence-electron chi connectivity index (χ1n) is 4.68. The van der Waals surface area contributed by atoms with Gasteiger partial charge < -0.3 is 4.74 Å². The highest BCUT2D eigenvalue weighted by Gasteiger charge is 2.11. The summed E-state index contributed by atoms with van der Waals surface area (Å²) in [7, 11) is -1.02. The maximum atomic E-state index is 10.9. The molecule has 0 rings (SSSR count). The molecule has 0 aliphatic heterocycles. The Kier molecular flexibility index (Phi) is 5.89. The molecule has 0 bridgehead atoms. The van der Waals surface area contributed by atoms with Gasteiger partial charge in [-0.1, -0.05) is 25.7 Å². The van der Waals surface area contributed by atoms with E-state index in [1.807, 2.05) is 0 Å². The minimum Gasteiger partial charge on any atom is -0.463 e. The van der Waals surface area contributed by atoms with Gasteiger partial charge in [0, 0.05) is 20.2 Å². The topological polar surface area (TPSA) is 50.1 Å². The van der Waals surface area contributed by atoms with Gasteiger partial charge in [-0.3, -0.25) is 0 Å². The van der Waals surface area contributed by atoms with Gasteiger partial charge >= 0.3 is 5.97 Å². The zero-order chi connectivity index (χ0) is 11.0. The molecule has 3 nitrogen and oxygen atoms in total. The van der Waals surface area contributed by atoms with Crippen molar-refractivity contribution in [3.8, 4) is 6.07 Å². The van der Waals surface area contributed by atoms with E-state index in [0.29, 0.717) is 6.61 Å². The summed E-state index contributed by atoms with van der Waals surface area (Å²) in [5.41, 5.74) is 0. The summed E-state index contributed by atoms with van der Waals surface area (Å²) in [5, 5.41) is 8.15. The van der Waals surface area contributed by atoms with Crippen LogP contribution in [0.4, 0.5) is 0 Å². The van der Waals surface area contributed by atoms with Crippen molar-refractivity contribution in [1.82, 2.24) is 0 Å². The van der Waals surface area contributed by atoms with Gasteiger partial charge in [-0.15, -0.1) is 0 Å². The molecular weight excluding hydrogens is 194 g/mol. The van der Waals surface area contributed by atoms with E-state index >= 15 is 0 Å². The third-order valence-corrected chi connectivity index (χ3v) is 3.46. The van der Waals surface area contributed by atoms with Gasteiger partial charge in [0.2, 0.25) is 0 Å². The lowest BCUT2D eigenvalue weighted by Crippen LogP contribution is -2.19. The van der Waals surface area contributed by atoms with E-state index in [9.17, 15) is 4.79 Å². The summed E-state index contributed by atoms with van der Waals surface area (Å²) in [4.78, 5) is 10.9. The van der Waals surface area contributed by atoms with Gasteiger partial charge in [-0.05, 0) is 6.42 Å². The lowest BCUT2D eigenvalue weighted by molar-refractivity contribution is -0.137. The summed E-state index contributed by atoms with van der Waals surface area (Å²) in [6, 6.07) is 2.89. The fourth-order valence-electron chi connectivity index (χ4n) is 0.929. The molecule has 0 aromatic heterocycles. The normalized spacial score (nSPS) is 11.3. The fourth-order valence-corrected chi connectivity index (χ4v) is 2.13. The van der Waals surface area contributed by atoms with Crippen molar-refractivity contribution in [2.24, 2.45) is 0 Å². The van der Waals surface area contributed by atoms with E-state index in [4.69, 9.17) is 10.00 Å². The molecule has 0 aromatic carbocycles. The SMILES string of the molecule is C[Si](C)(C)CCCOC(=O)C=CC#N. The number of esters is 1. The number of nitriles is 1. The van der Waals surface area contributed by atoms with Crippen molar-refractivity contribution >= 4 is 14.0 Å². The number of nitrogens with zero attached hydrogens (tertiary/aromatic N) is 1.